The van der Waals surface area contributed by atoms with Gasteiger partial charge in [0.1, 0.15) is 11.9 Å². The second-order valence-corrected chi connectivity index (χ2v) is 9.25. The molecule has 6 nitrogen and oxygen atoms in total. The molecule has 2 fully saturated rings. The van der Waals surface area contributed by atoms with Crippen LogP contribution in [0.1, 0.15) is 47.0 Å². The monoisotopic (exact) mass is 304 g/mol. The first kappa shape index (κ1) is 15.7. The van der Waals surface area contributed by atoms with Gasteiger partial charge in [0.2, 0.25) is 10.0 Å². The molecule has 20 heavy (non-hydrogen) atoms. The zero-order chi connectivity index (χ0) is 15.4. The van der Waals surface area contributed by atoms with Crippen molar-refractivity contribution in [2.45, 2.75) is 64.1 Å². The summed E-state index contributed by atoms with van der Waals surface area (Å²) >= 11 is 0. The van der Waals surface area contributed by atoms with Gasteiger partial charge < -0.3 is 10.1 Å². The molecule has 0 aromatic carbocycles. The lowest BCUT2D eigenvalue weighted by molar-refractivity contribution is -0.141. The van der Waals surface area contributed by atoms with E-state index < -0.39 is 21.5 Å². The number of hydrogen-bond acceptors (Lipinski definition) is 5. The zero-order valence-electron chi connectivity index (χ0n) is 12.5. The van der Waals surface area contributed by atoms with Gasteiger partial charge >= 0.3 is 5.97 Å². The van der Waals surface area contributed by atoms with E-state index >= 15 is 0 Å². The van der Waals surface area contributed by atoms with Gasteiger partial charge in [0.05, 0.1) is 6.42 Å². The highest BCUT2D eigenvalue weighted by Gasteiger charge is 2.57. The molecular weight excluding hydrogens is 280 g/mol. The van der Waals surface area contributed by atoms with Gasteiger partial charge in [-0.05, 0) is 40.5 Å². The first-order valence-corrected chi connectivity index (χ1v) is 8.54. The van der Waals surface area contributed by atoms with Crippen LogP contribution in [-0.2, 0) is 19.6 Å². The first-order valence-electron chi connectivity index (χ1n) is 6.82. The number of primary sulfonamides is 1. The number of nitrogens with two attached hydrogens (primary N) is 1. The van der Waals surface area contributed by atoms with Crippen LogP contribution >= 0.6 is 0 Å². The minimum Gasteiger partial charge on any atom is -0.461 e. The molecule has 0 bridgehead atoms. The lowest BCUT2D eigenvalue weighted by Gasteiger charge is -2.52. The van der Waals surface area contributed by atoms with E-state index in [2.05, 4.69) is 33.0 Å². The van der Waals surface area contributed by atoms with Crippen LogP contribution in [0.4, 0.5) is 0 Å². The molecule has 116 valence electrons. The predicted octanol–water partition coefficient (Wildman–Crippen LogP) is 0.517. The van der Waals surface area contributed by atoms with E-state index in [1.54, 1.807) is 0 Å². The number of esters is 1. The second kappa shape index (κ2) is 4.42. The lowest BCUT2D eigenvalue weighted by Crippen LogP contribution is -2.63. The number of ether oxygens (including phenoxy) is 1. The summed E-state index contributed by atoms with van der Waals surface area (Å²) in [6, 6.07) is 0. The van der Waals surface area contributed by atoms with Crippen molar-refractivity contribution in [3.8, 4) is 0 Å². The maximum absolute atomic E-state index is 11.8. The summed E-state index contributed by atoms with van der Waals surface area (Å²) in [6.07, 6.45) is 0.998. The highest BCUT2D eigenvalue weighted by molar-refractivity contribution is 7.89. The molecule has 3 N–H and O–H groups in total. The summed E-state index contributed by atoms with van der Waals surface area (Å²) in [5.74, 6) is -0.627. The Bertz CT molecular complexity index is 508. The Morgan fingerprint density at radius 3 is 2.20 bits per heavy atom. The number of cyclic esters (lactones) is 1. The third-order valence-corrected chi connectivity index (χ3v) is 4.87. The van der Waals surface area contributed by atoms with Crippen molar-refractivity contribution < 1.29 is 17.9 Å². The SMILES string of the molecule is CC1(C)CC2(CC(=O)OC2CS(N)(=O)=O)CC(C)(C)N1. The number of piperidine rings is 1. The van der Waals surface area contributed by atoms with Crippen molar-refractivity contribution in [2.75, 3.05) is 5.75 Å². The van der Waals surface area contributed by atoms with Crippen molar-refractivity contribution in [3.63, 3.8) is 0 Å². The minimum atomic E-state index is -3.68. The fraction of sp³-hybridized carbons (Fsp3) is 0.923. The second-order valence-electron chi connectivity index (χ2n) is 7.59. The average Bonchev–Trinajstić information content (AvgIpc) is 2.31. The van der Waals surface area contributed by atoms with E-state index in [9.17, 15) is 13.2 Å². The number of carbonyl (C=O) groups excluding carboxylic acids is 1. The van der Waals surface area contributed by atoms with Crippen molar-refractivity contribution in [3.05, 3.63) is 0 Å². The van der Waals surface area contributed by atoms with Gasteiger partial charge in [-0.1, -0.05) is 0 Å². The normalized spacial score (nSPS) is 31.2. The van der Waals surface area contributed by atoms with Crippen LogP contribution in [0, 0.1) is 5.41 Å². The Labute approximate surface area is 120 Å². The molecule has 2 aliphatic heterocycles. The van der Waals surface area contributed by atoms with Crippen LogP contribution in [0.25, 0.3) is 0 Å². The van der Waals surface area contributed by atoms with E-state index in [0.717, 1.165) is 0 Å². The fourth-order valence-corrected chi connectivity index (χ4v) is 5.17. The highest BCUT2D eigenvalue weighted by Crippen LogP contribution is 2.51. The van der Waals surface area contributed by atoms with Gasteiger partial charge in [-0.15, -0.1) is 0 Å². The van der Waals surface area contributed by atoms with Crippen molar-refractivity contribution in [1.82, 2.24) is 5.32 Å². The molecule has 2 rings (SSSR count). The molecular formula is C13H24N2O4S. The molecule has 0 radical (unpaired) electrons. The quantitative estimate of drug-likeness (QED) is 0.725. The Balaban J connectivity index is 2.37. The number of rotatable bonds is 2. The summed E-state index contributed by atoms with van der Waals surface area (Å²) < 4.78 is 28.1. The van der Waals surface area contributed by atoms with Crippen molar-refractivity contribution in [2.24, 2.45) is 10.6 Å². The van der Waals surface area contributed by atoms with Crippen LogP contribution in [0.3, 0.4) is 0 Å². The summed E-state index contributed by atoms with van der Waals surface area (Å²) in [5.41, 5.74) is -0.833. The van der Waals surface area contributed by atoms with Crippen LogP contribution in [-0.4, -0.2) is 37.3 Å². The van der Waals surface area contributed by atoms with Crippen LogP contribution in [0.2, 0.25) is 0 Å². The molecule has 0 aliphatic carbocycles. The van der Waals surface area contributed by atoms with Crippen LogP contribution < -0.4 is 10.5 Å². The predicted molar refractivity (Wildman–Crippen MR) is 75.4 cm³/mol. The Hall–Kier alpha value is -0.660. The summed E-state index contributed by atoms with van der Waals surface area (Å²) in [6.45, 7) is 8.25. The van der Waals surface area contributed by atoms with Crippen molar-refractivity contribution in [1.29, 1.82) is 0 Å². The maximum atomic E-state index is 11.8. The Morgan fingerprint density at radius 2 is 1.75 bits per heavy atom. The number of nitrogens with one attached hydrogen (secondary N) is 1. The molecule has 1 spiro atoms. The topological polar surface area (TPSA) is 98.5 Å². The van der Waals surface area contributed by atoms with Gasteiger partial charge in [-0.3, -0.25) is 4.79 Å². The lowest BCUT2D eigenvalue weighted by atomic mass is 9.62. The summed E-state index contributed by atoms with van der Waals surface area (Å²) in [4.78, 5) is 11.8. The largest absolute Gasteiger partial charge is 0.461 e. The van der Waals surface area contributed by atoms with E-state index in [-0.39, 0.29) is 29.2 Å². The number of sulfonamides is 1. The van der Waals surface area contributed by atoms with Crippen LogP contribution in [0.5, 0.6) is 0 Å². The van der Waals surface area contributed by atoms with Gasteiger partial charge in [0.25, 0.3) is 0 Å². The Kier molecular flexibility index (Phi) is 3.47. The van der Waals surface area contributed by atoms with Gasteiger partial charge in [0.15, 0.2) is 0 Å². The molecule has 0 amide bonds. The first-order chi connectivity index (χ1) is 8.83. The van der Waals surface area contributed by atoms with Gasteiger partial charge in [-0.2, -0.15) is 0 Å². The van der Waals surface area contributed by atoms with Crippen LogP contribution in [0.15, 0.2) is 0 Å². The van der Waals surface area contributed by atoms with E-state index in [0.29, 0.717) is 12.8 Å². The molecule has 0 saturated carbocycles. The maximum Gasteiger partial charge on any atom is 0.306 e. The molecule has 0 aromatic rings. The Morgan fingerprint density at radius 1 is 1.25 bits per heavy atom. The highest BCUT2D eigenvalue weighted by atomic mass is 32.2. The fourth-order valence-electron chi connectivity index (χ4n) is 4.33. The van der Waals surface area contributed by atoms with E-state index in [4.69, 9.17) is 9.88 Å². The summed E-state index contributed by atoms with van der Waals surface area (Å²) in [5, 5.41) is 8.69. The molecule has 0 aromatic heterocycles. The van der Waals surface area contributed by atoms with E-state index in [1.807, 2.05) is 0 Å². The molecule has 2 heterocycles. The third kappa shape index (κ3) is 3.32. The molecule has 2 aliphatic rings. The summed E-state index contributed by atoms with van der Waals surface area (Å²) in [7, 11) is -3.68. The standard InChI is InChI=1S/C13H24N2O4S/c1-11(2)7-13(8-12(3,4)15-11)5-10(16)19-9(13)6-20(14,17)18/h9,15H,5-8H2,1-4H3,(H2,14,17,18). The molecule has 1 atom stereocenters. The van der Waals surface area contributed by atoms with E-state index in [1.165, 1.54) is 0 Å². The van der Waals surface area contributed by atoms with Gasteiger partial charge in [-0.25, -0.2) is 13.6 Å². The zero-order valence-corrected chi connectivity index (χ0v) is 13.3. The van der Waals surface area contributed by atoms with Crippen molar-refractivity contribution >= 4 is 16.0 Å². The third-order valence-electron chi connectivity index (χ3n) is 4.10. The smallest absolute Gasteiger partial charge is 0.306 e. The van der Waals surface area contributed by atoms with Gasteiger partial charge in [0, 0.05) is 16.5 Å². The molecule has 2 saturated heterocycles. The minimum absolute atomic E-state index is 0.188. The average molecular weight is 304 g/mol. The number of hydrogen-bond donors (Lipinski definition) is 2. The molecule has 1 unspecified atom stereocenters. The number of carbonyl (C=O) groups is 1. The molecule has 7 heteroatoms.